The number of aromatic nitrogens is 2. The monoisotopic (exact) mass is 396 g/mol. The van der Waals surface area contributed by atoms with E-state index < -0.39 is 0 Å². The van der Waals surface area contributed by atoms with Crippen molar-refractivity contribution in [3.8, 4) is 5.75 Å². The Balaban J connectivity index is 1.61. The second-order valence-corrected chi connectivity index (χ2v) is 6.64. The molecule has 3 rings (SSSR count). The summed E-state index contributed by atoms with van der Waals surface area (Å²) in [5.41, 5.74) is 2.83. The number of hydrogen-bond donors (Lipinski definition) is 2. The van der Waals surface area contributed by atoms with E-state index in [4.69, 9.17) is 16.3 Å². The zero-order chi connectivity index (χ0) is 19.9. The maximum absolute atomic E-state index is 12.5. The van der Waals surface area contributed by atoms with Gasteiger partial charge in [0.25, 0.3) is 5.91 Å². The normalized spacial score (nSPS) is 10.4. The maximum Gasteiger partial charge on any atom is 0.274 e. The number of methoxy groups -OCH3 is 1. The van der Waals surface area contributed by atoms with E-state index in [0.29, 0.717) is 34.6 Å². The Morgan fingerprint density at radius 2 is 1.79 bits per heavy atom. The van der Waals surface area contributed by atoms with Crippen molar-refractivity contribution in [3.05, 3.63) is 76.6 Å². The molecule has 7 heteroatoms. The van der Waals surface area contributed by atoms with Crippen LogP contribution in [0.1, 0.15) is 21.7 Å². The zero-order valence-corrected chi connectivity index (χ0v) is 16.5. The van der Waals surface area contributed by atoms with Gasteiger partial charge in [-0.25, -0.2) is 9.97 Å². The SMILES string of the molecule is COc1ccc(CCNc2nc(C)cc(C(=O)Nc3ccc(Cl)cc3)n2)cc1. The molecule has 3 aromatic rings. The number of anilines is 2. The summed E-state index contributed by atoms with van der Waals surface area (Å²) in [5, 5.41) is 6.59. The molecule has 28 heavy (non-hydrogen) atoms. The van der Waals surface area contributed by atoms with Crippen LogP contribution in [0.5, 0.6) is 5.75 Å². The van der Waals surface area contributed by atoms with Gasteiger partial charge in [-0.1, -0.05) is 23.7 Å². The van der Waals surface area contributed by atoms with Crippen LogP contribution in [-0.2, 0) is 6.42 Å². The van der Waals surface area contributed by atoms with Crippen LogP contribution in [0.3, 0.4) is 0 Å². The van der Waals surface area contributed by atoms with E-state index in [-0.39, 0.29) is 5.91 Å². The number of rotatable bonds is 7. The van der Waals surface area contributed by atoms with Gasteiger partial charge in [0.15, 0.2) is 0 Å². The van der Waals surface area contributed by atoms with Gasteiger partial charge in [-0.2, -0.15) is 0 Å². The Morgan fingerprint density at radius 3 is 2.46 bits per heavy atom. The first-order valence-corrected chi connectivity index (χ1v) is 9.21. The topological polar surface area (TPSA) is 76.1 Å². The van der Waals surface area contributed by atoms with E-state index in [1.54, 1.807) is 37.4 Å². The highest BCUT2D eigenvalue weighted by molar-refractivity contribution is 6.30. The van der Waals surface area contributed by atoms with E-state index in [0.717, 1.165) is 12.2 Å². The molecular formula is C21H21ClN4O2. The number of amides is 1. The lowest BCUT2D eigenvalue weighted by Crippen LogP contribution is -2.16. The summed E-state index contributed by atoms with van der Waals surface area (Å²) >= 11 is 5.87. The van der Waals surface area contributed by atoms with E-state index in [1.807, 2.05) is 31.2 Å². The molecule has 6 nitrogen and oxygen atoms in total. The predicted molar refractivity (Wildman–Crippen MR) is 111 cm³/mol. The van der Waals surface area contributed by atoms with Crippen LogP contribution >= 0.6 is 11.6 Å². The van der Waals surface area contributed by atoms with Crippen molar-refractivity contribution in [2.24, 2.45) is 0 Å². The first-order chi connectivity index (χ1) is 13.5. The second kappa shape index (κ2) is 9.19. The molecule has 1 heterocycles. The summed E-state index contributed by atoms with van der Waals surface area (Å²) in [4.78, 5) is 21.2. The highest BCUT2D eigenvalue weighted by Crippen LogP contribution is 2.15. The Kier molecular flexibility index (Phi) is 6.45. The molecule has 1 amide bonds. The largest absolute Gasteiger partial charge is 0.497 e. The number of halogens is 1. The summed E-state index contributed by atoms with van der Waals surface area (Å²) < 4.78 is 5.16. The number of carbonyl (C=O) groups excluding carboxylic acids is 1. The molecule has 0 bridgehead atoms. The fourth-order valence-electron chi connectivity index (χ4n) is 2.60. The third kappa shape index (κ3) is 5.44. The lowest BCUT2D eigenvalue weighted by Gasteiger charge is -2.09. The lowest BCUT2D eigenvalue weighted by atomic mass is 10.1. The highest BCUT2D eigenvalue weighted by Gasteiger charge is 2.11. The molecule has 2 aromatic carbocycles. The standard InChI is InChI=1S/C21H21ClN4O2/c1-14-13-19(20(27)25-17-7-5-16(22)6-8-17)26-21(24-14)23-12-11-15-3-9-18(28-2)10-4-15/h3-10,13H,11-12H2,1-2H3,(H,25,27)(H,23,24,26). The van der Waals surface area contributed by atoms with Crippen molar-refractivity contribution in [2.45, 2.75) is 13.3 Å². The molecule has 0 saturated carbocycles. The molecule has 2 N–H and O–H groups in total. The number of carbonyl (C=O) groups is 1. The van der Waals surface area contributed by atoms with Crippen molar-refractivity contribution in [3.63, 3.8) is 0 Å². The van der Waals surface area contributed by atoms with Crippen LogP contribution in [-0.4, -0.2) is 29.5 Å². The van der Waals surface area contributed by atoms with Gasteiger partial charge in [0.2, 0.25) is 5.95 Å². The molecule has 0 unspecified atom stereocenters. The van der Waals surface area contributed by atoms with Crippen LogP contribution in [0, 0.1) is 6.92 Å². The van der Waals surface area contributed by atoms with Gasteiger partial charge in [0.05, 0.1) is 7.11 Å². The minimum atomic E-state index is -0.300. The summed E-state index contributed by atoms with van der Waals surface area (Å²) in [7, 11) is 1.65. The minimum Gasteiger partial charge on any atom is -0.497 e. The first kappa shape index (κ1) is 19.6. The van der Waals surface area contributed by atoms with Crippen LogP contribution in [0.25, 0.3) is 0 Å². The molecule has 0 aliphatic rings. The molecule has 1 aromatic heterocycles. The number of benzene rings is 2. The Bertz CT molecular complexity index is 944. The molecular weight excluding hydrogens is 376 g/mol. The van der Waals surface area contributed by atoms with Crippen molar-refractivity contribution in [1.82, 2.24) is 9.97 Å². The lowest BCUT2D eigenvalue weighted by molar-refractivity contribution is 0.102. The van der Waals surface area contributed by atoms with E-state index in [1.165, 1.54) is 5.56 Å². The number of nitrogens with zero attached hydrogens (tertiary/aromatic N) is 2. The fourth-order valence-corrected chi connectivity index (χ4v) is 2.73. The number of ether oxygens (including phenoxy) is 1. The van der Waals surface area contributed by atoms with Gasteiger partial charge < -0.3 is 15.4 Å². The highest BCUT2D eigenvalue weighted by atomic mass is 35.5. The van der Waals surface area contributed by atoms with Crippen LogP contribution < -0.4 is 15.4 Å². The maximum atomic E-state index is 12.5. The van der Waals surface area contributed by atoms with Gasteiger partial charge in [0, 0.05) is 22.9 Å². The number of nitrogens with one attached hydrogen (secondary N) is 2. The molecule has 144 valence electrons. The van der Waals surface area contributed by atoms with Crippen molar-refractivity contribution in [1.29, 1.82) is 0 Å². The third-order valence-electron chi connectivity index (χ3n) is 4.04. The third-order valence-corrected chi connectivity index (χ3v) is 4.30. The summed E-state index contributed by atoms with van der Waals surface area (Å²) in [5.74, 6) is 0.955. The molecule has 0 saturated heterocycles. The Labute approximate surface area is 168 Å². The van der Waals surface area contributed by atoms with E-state index >= 15 is 0 Å². The van der Waals surface area contributed by atoms with Crippen molar-refractivity contribution >= 4 is 29.1 Å². The Morgan fingerprint density at radius 1 is 1.07 bits per heavy atom. The van der Waals surface area contributed by atoms with Gasteiger partial charge in [-0.15, -0.1) is 0 Å². The van der Waals surface area contributed by atoms with Crippen LogP contribution in [0.4, 0.5) is 11.6 Å². The minimum absolute atomic E-state index is 0.300. The summed E-state index contributed by atoms with van der Waals surface area (Å²) in [6.07, 6.45) is 0.799. The molecule has 0 aliphatic carbocycles. The van der Waals surface area contributed by atoms with Gasteiger partial charge >= 0.3 is 0 Å². The number of hydrogen-bond acceptors (Lipinski definition) is 5. The van der Waals surface area contributed by atoms with E-state index in [9.17, 15) is 4.79 Å². The first-order valence-electron chi connectivity index (χ1n) is 8.83. The molecule has 0 aliphatic heterocycles. The second-order valence-electron chi connectivity index (χ2n) is 6.20. The van der Waals surface area contributed by atoms with Crippen molar-refractivity contribution < 1.29 is 9.53 Å². The average molecular weight is 397 g/mol. The fraction of sp³-hybridized carbons (Fsp3) is 0.190. The van der Waals surface area contributed by atoms with Gasteiger partial charge in [0.1, 0.15) is 11.4 Å². The average Bonchev–Trinajstić information content (AvgIpc) is 2.70. The smallest absolute Gasteiger partial charge is 0.274 e. The molecule has 0 fully saturated rings. The van der Waals surface area contributed by atoms with E-state index in [2.05, 4.69) is 20.6 Å². The van der Waals surface area contributed by atoms with Crippen LogP contribution in [0.2, 0.25) is 5.02 Å². The molecule has 0 radical (unpaired) electrons. The van der Waals surface area contributed by atoms with Gasteiger partial charge in [-0.3, -0.25) is 4.79 Å². The quantitative estimate of drug-likeness (QED) is 0.620. The van der Waals surface area contributed by atoms with Crippen molar-refractivity contribution in [2.75, 3.05) is 24.3 Å². The van der Waals surface area contributed by atoms with Gasteiger partial charge in [-0.05, 0) is 61.4 Å². The zero-order valence-electron chi connectivity index (χ0n) is 15.7. The molecule has 0 spiro atoms. The summed E-state index contributed by atoms with van der Waals surface area (Å²) in [6, 6.07) is 16.5. The molecule has 0 atom stereocenters. The number of aryl methyl sites for hydroxylation is 1. The Hall–Kier alpha value is -3.12. The van der Waals surface area contributed by atoms with Crippen LogP contribution in [0.15, 0.2) is 54.6 Å². The summed E-state index contributed by atoms with van der Waals surface area (Å²) in [6.45, 7) is 2.48. The predicted octanol–water partition coefficient (Wildman–Crippen LogP) is 4.35.